The van der Waals surface area contributed by atoms with E-state index in [2.05, 4.69) is 22.5 Å². The lowest BCUT2D eigenvalue weighted by atomic mass is 9.95. The topological polar surface area (TPSA) is 118 Å². The van der Waals surface area contributed by atoms with E-state index in [0.717, 1.165) is 24.8 Å². The first-order valence-corrected chi connectivity index (χ1v) is 13.3. The van der Waals surface area contributed by atoms with Crippen LogP contribution in [0, 0.1) is 5.92 Å². The Kier molecular flexibility index (Phi) is 10.4. The highest BCUT2D eigenvalue weighted by Crippen LogP contribution is 2.23. The molecule has 1 aromatic carbocycles. The maximum atomic E-state index is 13.6. The van der Waals surface area contributed by atoms with Crippen molar-refractivity contribution in [3.8, 4) is 0 Å². The summed E-state index contributed by atoms with van der Waals surface area (Å²) >= 11 is 0. The zero-order chi connectivity index (χ0) is 27.7. The molecular formula is C29H38N4O5. The molecule has 2 N–H and O–H groups in total. The summed E-state index contributed by atoms with van der Waals surface area (Å²) in [5, 5.41) is 5.56. The number of hydrogen-bond donors (Lipinski definition) is 2. The van der Waals surface area contributed by atoms with E-state index in [9.17, 15) is 19.2 Å². The second-order valence-corrected chi connectivity index (χ2v) is 9.93. The van der Waals surface area contributed by atoms with Gasteiger partial charge in [-0.05, 0) is 43.9 Å². The van der Waals surface area contributed by atoms with Crippen molar-refractivity contribution < 1.29 is 23.9 Å². The number of carbonyl (C=O) groups excluding carboxylic acids is 4. The Morgan fingerprint density at radius 2 is 1.79 bits per heavy atom. The molecule has 0 spiro atoms. The van der Waals surface area contributed by atoms with Crippen LogP contribution in [0.3, 0.4) is 0 Å². The number of unbranched alkanes of at least 4 members (excludes halogenated alkanes) is 1. The van der Waals surface area contributed by atoms with Gasteiger partial charge in [-0.3, -0.25) is 24.3 Å². The largest absolute Gasteiger partial charge is 0.460 e. The van der Waals surface area contributed by atoms with Gasteiger partial charge in [0.25, 0.3) is 0 Å². The van der Waals surface area contributed by atoms with Crippen molar-refractivity contribution in [1.29, 1.82) is 0 Å². The highest BCUT2D eigenvalue weighted by molar-refractivity contribution is 6.03. The molecule has 204 valence electrons. The standard InChI is InChI=1S/C29H38N4O5/c1-5-6-11-19(2)25-17-26(34)32-24(16-22-12-8-7-9-13-22)27(35)31-20(3)28(36)33(21(4)29(37)38-25)23-14-10-15-30-18-23/h7-10,12-15,18-21,24-25H,5-6,11,16-17H2,1-4H3,(H,31,35)(H,32,34)/t19-,20-,21-,24-,25+/m0/s1. The minimum absolute atomic E-state index is 0.0850. The van der Waals surface area contributed by atoms with Crippen molar-refractivity contribution in [1.82, 2.24) is 15.6 Å². The van der Waals surface area contributed by atoms with Gasteiger partial charge in [-0.25, -0.2) is 4.79 Å². The molecule has 9 heteroatoms. The number of carbonyl (C=O) groups is 4. The van der Waals surface area contributed by atoms with Gasteiger partial charge in [0, 0.05) is 12.6 Å². The second kappa shape index (κ2) is 13.7. The van der Waals surface area contributed by atoms with Crippen LogP contribution >= 0.6 is 0 Å². The Morgan fingerprint density at radius 3 is 2.45 bits per heavy atom. The Labute approximate surface area is 224 Å². The van der Waals surface area contributed by atoms with Crippen LogP contribution in [-0.2, 0) is 30.3 Å². The summed E-state index contributed by atoms with van der Waals surface area (Å²) in [4.78, 5) is 58.9. The van der Waals surface area contributed by atoms with E-state index in [0.29, 0.717) is 5.69 Å². The smallest absolute Gasteiger partial charge is 0.329 e. The molecule has 3 amide bonds. The minimum Gasteiger partial charge on any atom is -0.460 e. The molecule has 2 heterocycles. The molecule has 1 aliphatic heterocycles. The van der Waals surface area contributed by atoms with E-state index in [-0.39, 0.29) is 18.8 Å². The van der Waals surface area contributed by atoms with Gasteiger partial charge in [0.05, 0.1) is 18.3 Å². The third-order valence-corrected chi connectivity index (χ3v) is 6.86. The number of aromatic nitrogens is 1. The van der Waals surface area contributed by atoms with E-state index in [1.165, 1.54) is 11.1 Å². The number of nitrogens with zero attached hydrogens (tertiary/aromatic N) is 2. The minimum atomic E-state index is -1.00. The van der Waals surface area contributed by atoms with Crippen molar-refractivity contribution in [2.45, 2.75) is 84.0 Å². The lowest BCUT2D eigenvalue weighted by Gasteiger charge is -2.32. The maximum Gasteiger partial charge on any atom is 0.329 e. The van der Waals surface area contributed by atoms with E-state index < -0.39 is 47.9 Å². The number of esters is 1. The van der Waals surface area contributed by atoms with Crippen molar-refractivity contribution in [3.05, 3.63) is 60.4 Å². The zero-order valence-electron chi connectivity index (χ0n) is 22.6. The Balaban J connectivity index is 1.99. The number of nitrogens with one attached hydrogen (secondary N) is 2. The molecule has 0 radical (unpaired) electrons. The van der Waals surface area contributed by atoms with Crippen molar-refractivity contribution >= 4 is 29.4 Å². The first-order valence-electron chi connectivity index (χ1n) is 13.3. The molecule has 0 aliphatic carbocycles. The number of hydrogen-bond acceptors (Lipinski definition) is 6. The van der Waals surface area contributed by atoms with Gasteiger partial charge in [-0.15, -0.1) is 0 Å². The number of ether oxygens (including phenoxy) is 1. The molecule has 1 aliphatic rings. The monoisotopic (exact) mass is 522 g/mol. The van der Waals surface area contributed by atoms with Crippen molar-refractivity contribution in [3.63, 3.8) is 0 Å². The Morgan fingerprint density at radius 1 is 1.05 bits per heavy atom. The van der Waals surface area contributed by atoms with Crippen LogP contribution in [0.4, 0.5) is 5.69 Å². The lowest BCUT2D eigenvalue weighted by Crippen LogP contribution is -2.56. The number of pyridine rings is 1. The summed E-state index contributed by atoms with van der Waals surface area (Å²) in [7, 11) is 0. The average Bonchev–Trinajstić information content (AvgIpc) is 2.91. The van der Waals surface area contributed by atoms with Crippen LogP contribution in [0.2, 0.25) is 0 Å². The van der Waals surface area contributed by atoms with E-state index in [4.69, 9.17) is 4.74 Å². The third-order valence-electron chi connectivity index (χ3n) is 6.86. The predicted octanol–water partition coefficient (Wildman–Crippen LogP) is 3.18. The quantitative estimate of drug-likeness (QED) is 0.540. The average molecular weight is 523 g/mol. The van der Waals surface area contributed by atoms with Gasteiger partial charge in [0.1, 0.15) is 24.2 Å². The molecule has 0 saturated carbocycles. The number of amides is 3. The van der Waals surface area contributed by atoms with Gasteiger partial charge < -0.3 is 15.4 Å². The van der Waals surface area contributed by atoms with Crippen LogP contribution in [0.5, 0.6) is 0 Å². The molecule has 0 unspecified atom stereocenters. The molecule has 9 nitrogen and oxygen atoms in total. The normalized spacial score (nSPS) is 24.3. The fourth-order valence-corrected chi connectivity index (χ4v) is 4.54. The predicted molar refractivity (Wildman–Crippen MR) is 144 cm³/mol. The fraction of sp³-hybridized carbons (Fsp3) is 0.483. The molecule has 2 aromatic rings. The van der Waals surface area contributed by atoms with E-state index >= 15 is 0 Å². The van der Waals surface area contributed by atoms with Crippen LogP contribution in [0.15, 0.2) is 54.9 Å². The summed E-state index contributed by atoms with van der Waals surface area (Å²) in [6, 6.07) is 9.79. The molecule has 1 fully saturated rings. The molecule has 0 bridgehead atoms. The van der Waals surface area contributed by atoms with Gasteiger partial charge in [-0.1, -0.05) is 57.0 Å². The maximum absolute atomic E-state index is 13.6. The van der Waals surface area contributed by atoms with Gasteiger partial charge in [-0.2, -0.15) is 0 Å². The van der Waals surface area contributed by atoms with Crippen LogP contribution in [-0.4, -0.2) is 52.9 Å². The molecule has 3 rings (SSSR count). The molecule has 1 saturated heterocycles. The molecule has 5 atom stereocenters. The van der Waals surface area contributed by atoms with Crippen LogP contribution in [0.1, 0.15) is 58.9 Å². The Bertz CT molecular complexity index is 1090. The molecular weight excluding hydrogens is 484 g/mol. The number of rotatable bonds is 7. The van der Waals surface area contributed by atoms with Gasteiger partial charge in [0.15, 0.2) is 0 Å². The van der Waals surface area contributed by atoms with E-state index in [1.807, 2.05) is 37.3 Å². The molecule has 1 aromatic heterocycles. The highest BCUT2D eigenvalue weighted by Gasteiger charge is 2.36. The summed E-state index contributed by atoms with van der Waals surface area (Å²) in [6.45, 7) is 7.15. The zero-order valence-corrected chi connectivity index (χ0v) is 22.6. The summed E-state index contributed by atoms with van der Waals surface area (Å²) in [6.07, 6.45) is 5.17. The highest BCUT2D eigenvalue weighted by atomic mass is 16.5. The van der Waals surface area contributed by atoms with Crippen molar-refractivity contribution in [2.24, 2.45) is 5.92 Å². The number of benzene rings is 1. The number of anilines is 1. The number of cyclic esters (lactones) is 1. The fourth-order valence-electron chi connectivity index (χ4n) is 4.54. The third kappa shape index (κ3) is 7.63. The SMILES string of the molecule is CCCC[C@H](C)[C@H]1CC(=O)N[C@@H](Cc2ccccc2)C(=O)N[C@@H](C)C(=O)N(c2cccnc2)[C@@H](C)C(=O)O1. The first kappa shape index (κ1) is 28.8. The van der Waals surface area contributed by atoms with Crippen LogP contribution in [0.25, 0.3) is 0 Å². The van der Waals surface area contributed by atoms with Gasteiger partial charge in [0.2, 0.25) is 17.7 Å². The molecule has 38 heavy (non-hydrogen) atoms. The Hall–Kier alpha value is -3.75. The first-order chi connectivity index (χ1) is 18.2. The van der Waals surface area contributed by atoms with Gasteiger partial charge >= 0.3 is 5.97 Å². The lowest BCUT2D eigenvalue weighted by molar-refractivity contribution is -0.155. The summed E-state index contributed by atoms with van der Waals surface area (Å²) in [5.74, 6) is -2.08. The summed E-state index contributed by atoms with van der Waals surface area (Å²) in [5.41, 5.74) is 1.27. The second-order valence-electron chi connectivity index (χ2n) is 9.93. The van der Waals surface area contributed by atoms with E-state index in [1.54, 1.807) is 32.2 Å². The van der Waals surface area contributed by atoms with Crippen LogP contribution < -0.4 is 15.5 Å². The van der Waals surface area contributed by atoms with Crippen molar-refractivity contribution in [2.75, 3.05) is 4.90 Å². The summed E-state index contributed by atoms with van der Waals surface area (Å²) < 4.78 is 5.90.